The van der Waals surface area contributed by atoms with Gasteiger partial charge in [-0.25, -0.2) is 5.84 Å². The van der Waals surface area contributed by atoms with Crippen molar-refractivity contribution in [2.75, 3.05) is 7.11 Å². The minimum atomic E-state index is -0.377. The van der Waals surface area contributed by atoms with Crippen LogP contribution in [0.3, 0.4) is 0 Å². The predicted octanol–water partition coefficient (Wildman–Crippen LogP) is 3.04. The summed E-state index contributed by atoms with van der Waals surface area (Å²) in [5, 5.41) is 0. The predicted molar refractivity (Wildman–Crippen MR) is 92.8 cm³/mol. The van der Waals surface area contributed by atoms with Crippen LogP contribution in [0.2, 0.25) is 0 Å². The molecule has 5 nitrogen and oxygen atoms in total. The Bertz CT molecular complexity index is 717. The molecule has 0 heterocycles. The Morgan fingerprint density at radius 2 is 2.09 bits per heavy atom. The number of halogens is 1. The molecule has 0 spiro atoms. The molecule has 0 aromatic heterocycles. The number of hydrogen-bond donors (Lipinski definition) is 2. The lowest BCUT2D eigenvalue weighted by atomic mass is 10.2. The number of methoxy groups -OCH3 is 1. The fraction of sp³-hybridized carbons (Fsp3) is 0.118. The second-order valence-corrected chi connectivity index (χ2v) is 5.59. The van der Waals surface area contributed by atoms with Crippen LogP contribution in [0.15, 0.2) is 53.0 Å². The molecule has 6 heteroatoms. The van der Waals surface area contributed by atoms with Gasteiger partial charge in [-0.1, -0.05) is 34.1 Å². The number of nitrogens with two attached hydrogens (primary N) is 1. The maximum absolute atomic E-state index is 11.2. The van der Waals surface area contributed by atoms with Crippen LogP contribution in [0.5, 0.6) is 11.5 Å². The summed E-state index contributed by atoms with van der Waals surface area (Å²) in [5.41, 5.74) is 3.87. The number of nitrogens with one attached hydrogen (secondary N) is 1. The van der Waals surface area contributed by atoms with E-state index >= 15 is 0 Å². The monoisotopic (exact) mass is 376 g/mol. The molecule has 0 bridgehead atoms. The fourth-order valence-electron chi connectivity index (χ4n) is 1.92. The van der Waals surface area contributed by atoms with Gasteiger partial charge < -0.3 is 9.47 Å². The third-order valence-corrected chi connectivity index (χ3v) is 3.53. The van der Waals surface area contributed by atoms with E-state index in [1.54, 1.807) is 25.3 Å². The third kappa shape index (κ3) is 5.12. The van der Waals surface area contributed by atoms with Crippen molar-refractivity contribution < 1.29 is 14.3 Å². The zero-order valence-corrected chi connectivity index (χ0v) is 14.2. The summed E-state index contributed by atoms with van der Waals surface area (Å²) < 4.78 is 12.1. The number of carbonyl (C=O) groups is 1. The van der Waals surface area contributed by atoms with E-state index in [1.165, 1.54) is 6.08 Å². The van der Waals surface area contributed by atoms with Gasteiger partial charge in [0, 0.05) is 10.5 Å². The lowest BCUT2D eigenvalue weighted by molar-refractivity contribution is -0.116. The summed E-state index contributed by atoms with van der Waals surface area (Å²) in [7, 11) is 1.58. The first-order valence-electron chi connectivity index (χ1n) is 6.86. The van der Waals surface area contributed by atoms with E-state index in [0.29, 0.717) is 18.1 Å². The molecular weight excluding hydrogens is 360 g/mol. The van der Waals surface area contributed by atoms with Gasteiger partial charge in [-0.3, -0.25) is 10.2 Å². The second kappa shape index (κ2) is 8.36. The Labute approximate surface area is 143 Å². The largest absolute Gasteiger partial charge is 0.493 e. The van der Waals surface area contributed by atoms with Crippen molar-refractivity contribution in [3.05, 3.63) is 64.1 Å². The van der Waals surface area contributed by atoms with Gasteiger partial charge in [0.2, 0.25) is 0 Å². The van der Waals surface area contributed by atoms with Crippen LogP contribution in [0.1, 0.15) is 11.1 Å². The van der Waals surface area contributed by atoms with Crippen molar-refractivity contribution >= 4 is 27.9 Å². The fourth-order valence-corrected chi connectivity index (χ4v) is 2.36. The summed E-state index contributed by atoms with van der Waals surface area (Å²) in [6.45, 7) is 0.409. The number of rotatable bonds is 6. The topological polar surface area (TPSA) is 73.6 Å². The molecule has 120 valence electrons. The van der Waals surface area contributed by atoms with E-state index in [2.05, 4.69) is 15.9 Å². The van der Waals surface area contributed by atoms with Crippen molar-refractivity contribution in [2.24, 2.45) is 5.84 Å². The number of hydrogen-bond acceptors (Lipinski definition) is 4. The van der Waals surface area contributed by atoms with Crippen molar-refractivity contribution in [3.8, 4) is 11.5 Å². The van der Waals surface area contributed by atoms with Crippen LogP contribution < -0.4 is 20.7 Å². The van der Waals surface area contributed by atoms with E-state index in [-0.39, 0.29) is 5.91 Å². The van der Waals surface area contributed by atoms with Crippen molar-refractivity contribution in [1.29, 1.82) is 0 Å². The highest BCUT2D eigenvalue weighted by Crippen LogP contribution is 2.29. The van der Waals surface area contributed by atoms with Gasteiger partial charge in [0.25, 0.3) is 5.91 Å². The SMILES string of the molecule is COc1ccc(/C=C/C(=O)NN)cc1OCc1cccc(Br)c1. The first kappa shape index (κ1) is 17.1. The summed E-state index contributed by atoms with van der Waals surface area (Å²) in [5.74, 6) is 5.88. The Hall–Kier alpha value is -2.31. The zero-order chi connectivity index (χ0) is 16.7. The van der Waals surface area contributed by atoms with E-state index in [1.807, 2.05) is 35.8 Å². The summed E-state index contributed by atoms with van der Waals surface area (Å²) in [4.78, 5) is 11.2. The molecule has 0 fully saturated rings. The maximum atomic E-state index is 11.2. The van der Waals surface area contributed by atoms with Crippen LogP contribution in [-0.4, -0.2) is 13.0 Å². The summed E-state index contributed by atoms with van der Waals surface area (Å²) in [6, 6.07) is 13.3. The van der Waals surface area contributed by atoms with Gasteiger partial charge in [-0.05, 0) is 41.5 Å². The highest BCUT2D eigenvalue weighted by molar-refractivity contribution is 9.10. The normalized spacial score (nSPS) is 10.6. The molecule has 0 atom stereocenters. The Morgan fingerprint density at radius 1 is 1.26 bits per heavy atom. The van der Waals surface area contributed by atoms with Crippen molar-refractivity contribution in [3.63, 3.8) is 0 Å². The molecule has 2 aromatic rings. The van der Waals surface area contributed by atoms with Gasteiger partial charge in [0.1, 0.15) is 6.61 Å². The number of benzene rings is 2. The third-order valence-electron chi connectivity index (χ3n) is 3.04. The van der Waals surface area contributed by atoms with Crippen LogP contribution in [0.25, 0.3) is 6.08 Å². The smallest absolute Gasteiger partial charge is 0.257 e. The lowest BCUT2D eigenvalue weighted by Crippen LogP contribution is -2.27. The van der Waals surface area contributed by atoms with E-state index in [0.717, 1.165) is 15.6 Å². The Kier molecular flexibility index (Phi) is 6.19. The standard InChI is InChI=1S/C17H17BrN2O3/c1-22-15-7-5-12(6-8-17(21)20-19)10-16(15)23-11-13-3-2-4-14(18)9-13/h2-10H,11,19H2,1H3,(H,20,21)/b8-6+. The van der Waals surface area contributed by atoms with Gasteiger partial charge in [-0.2, -0.15) is 0 Å². The molecule has 23 heavy (non-hydrogen) atoms. The summed E-state index contributed by atoms with van der Waals surface area (Å²) >= 11 is 3.43. The highest BCUT2D eigenvalue weighted by atomic mass is 79.9. The van der Waals surface area contributed by atoms with Crippen LogP contribution in [0, 0.1) is 0 Å². The second-order valence-electron chi connectivity index (χ2n) is 4.67. The maximum Gasteiger partial charge on any atom is 0.257 e. The summed E-state index contributed by atoms with van der Waals surface area (Å²) in [6.07, 6.45) is 2.99. The Balaban J connectivity index is 2.15. The van der Waals surface area contributed by atoms with Crippen molar-refractivity contribution in [2.45, 2.75) is 6.61 Å². The molecule has 0 aliphatic carbocycles. The van der Waals surface area contributed by atoms with Crippen LogP contribution >= 0.6 is 15.9 Å². The molecule has 0 aliphatic heterocycles. The van der Waals surface area contributed by atoms with E-state index < -0.39 is 0 Å². The van der Waals surface area contributed by atoms with Gasteiger partial charge >= 0.3 is 0 Å². The highest BCUT2D eigenvalue weighted by Gasteiger charge is 2.06. The molecule has 3 N–H and O–H groups in total. The molecule has 2 rings (SSSR count). The molecule has 1 amide bonds. The Morgan fingerprint density at radius 3 is 2.78 bits per heavy atom. The average Bonchev–Trinajstić information content (AvgIpc) is 2.58. The number of hydrazine groups is 1. The molecule has 0 radical (unpaired) electrons. The lowest BCUT2D eigenvalue weighted by Gasteiger charge is -2.11. The number of carbonyl (C=O) groups excluding carboxylic acids is 1. The quantitative estimate of drug-likeness (QED) is 0.351. The minimum absolute atomic E-state index is 0.377. The van der Waals surface area contributed by atoms with Crippen molar-refractivity contribution in [1.82, 2.24) is 5.43 Å². The minimum Gasteiger partial charge on any atom is -0.493 e. The molecule has 0 saturated heterocycles. The average molecular weight is 377 g/mol. The van der Waals surface area contributed by atoms with Gasteiger partial charge in [-0.15, -0.1) is 0 Å². The van der Waals surface area contributed by atoms with E-state index in [9.17, 15) is 4.79 Å². The van der Waals surface area contributed by atoms with E-state index in [4.69, 9.17) is 15.3 Å². The molecule has 2 aromatic carbocycles. The molecule has 0 unspecified atom stereocenters. The van der Waals surface area contributed by atoms with Gasteiger partial charge in [0.05, 0.1) is 7.11 Å². The van der Waals surface area contributed by atoms with Gasteiger partial charge in [0.15, 0.2) is 11.5 Å². The van der Waals surface area contributed by atoms with Crippen LogP contribution in [0.4, 0.5) is 0 Å². The number of amides is 1. The zero-order valence-electron chi connectivity index (χ0n) is 12.6. The van der Waals surface area contributed by atoms with Crippen LogP contribution in [-0.2, 0) is 11.4 Å². The molecular formula is C17H17BrN2O3. The number of ether oxygens (including phenoxy) is 2. The first-order chi connectivity index (χ1) is 11.1. The molecule has 0 saturated carbocycles. The first-order valence-corrected chi connectivity index (χ1v) is 7.65. The molecule has 0 aliphatic rings.